The molecule has 6 nitrogen and oxygen atoms in total. The Bertz CT molecular complexity index is 1330. The van der Waals surface area contributed by atoms with Crippen LogP contribution in [0, 0.1) is 5.92 Å². The highest BCUT2D eigenvalue weighted by molar-refractivity contribution is 6.04. The van der Waals surface area contributed by atoms with E-state index in [9.17, 15) is 9.59 Å². The van der Waals surface area contributed by atoms with Gasteiger partial charge in [0.25, 0.3) is 0 Å². The second-order valence-electron chi connectivity index (χ2n) is 8.61. The minimum Gasteiger partial charge on any atom is -0.494 e. The third kappa shape index (κ3) is 5.72. The van der Waals surface area contributed by atoms with Gasteiger partial charge in [0.2, 0.25) is 0 Å². The van der Waals surface area contributed by atoms with E-state index >= 15 is 0 Å². The van der Waals surface area contributed by atoms with Crippen molar-refractivity contribution in [1.82, 2.24) is 9.97 Å². The first-order valence-electron chi connectivity index (χ1n) is 11.7. The molecule has 2 aromatic carbocycles. The Hall–Kier alpha value is -4.06. The molecule has 0 aliphatic heterocycles. The molecule has 4 aromatic rings. The predicted molar refractivity (Wildman–Crippen MR) is 136 cm³/mol. The molecule has 0 fully saturated rings. The van der Waals surface area contributed by atoms with Gasteiger partial charge in [0, 0.05) is 35.7 Å². The number of rotatable bonds is 9. The quantitative estimate of drug-likeness (QED) is 0.217. The number of hydrogen-bond acceptors (Lipinski definition) is 6. The standard InChI is InChI=1S/C29H28N2O4/c1-19(2)28(32)5-4-16-35-23-12-10-21(11-13-23)20-6-8-22(9-7-20)27-17-24(29(33)34-3)25-18-30-15-14-26(25)31-27/h6-15,17-19H,4-5,16H2,1-3H3. The van der Waals surface area contributed by atoms with Crippen molar-refractivity contribution in [2.45, 2.75) is 26.7 Å². The van der Waals surface area contributed by atoms with Gasteiger partial charge in [-0.15, -0.1) is 0 Å². The van der Waals surface area contributed by atoms with Crippen LogP contribution in [0.5, 0.6) is 5.75 Å². The van der Waals surface area contributed by atoms with Crippen LogP contribution in [0.25, 0.3) is 33.3 Å². The highest BCUT2D eigenvalue weighted by Gasteiger charge is 2.14. The fraction of sp³-hybridized carbons (Fsp3) is 0.241. The number of esters is 1. The summed E-state index contributed by atoms with van der Waals surface area (Å²) in [5, 5.41) is 0.661. The van der Waals surface area contributed by atoms with Crippen LogP contribution >= 0.6 is 0 Å². The van der Waals surface area contributed by atoms with Gasteiger partial charge in [0.1, 0.15) is 11.5 Å². The van der Waals surface area contributed by atoms with E-state index in [1.165, 1.54) is 7.11 Å². The molecule has 0 unspecified atom stereocenters. The van der Waals surface area contributed by atoms with Crippen LogP contribution in [0.15, 0.2) is 73.1 Å². The second kappa shape index (κ2) is 10.9. The highest BCUT2D eigenvalue weighted by atomic mass is 16.5. The van der Waals surface area contributed by atoms with Gasteiger partial charge < -0.3 is 9.47 Å². The molecule has 0 aliphatic rings. The average Bonchev–Trinajstić information content (AvgIpc) is 2.90. The van der Waals surface area contributed by atoms with Crippen LogP contribution in [-0.2, 0) is 9.53 Å². The summed E-state index contributed by atoms with van der Waals surface area (Å²) >= 11 is 0. The zero-order valence-corrected chi connectivity index (χ0v) is 20.2. The molecule has 35 heavy (non-hydrogen) atoms. The number of methoxy groups -OCH3 is 1. The van der Waals surface area contributed by atoms with Gasteiger partial charge in [0.15, 0.2) is 0 Å². The van der Waals surface area contributed by atoms with Crippen LogP contribution < -0.4 is 4.74 Å². The lowest BCUT2D eigenvalue weighted by molar-refractivity contribution is -0.122. The first-order valence-corrected chi connectivity index (χ1v) is 11.7. The molecule has 0 saturated carbocycles. The van der Waals surface area contributed by atoms with E-state index in [4.69, 9.17) is 14.5 Å². The molecule has 0 saturated heterocycles. The molecule has 178 valence electrons. The maximum Gasteiger partial charge on any atom is 0.338 e. The van der Waals surface area contributed by atoms with Gasteiger partial charge >= 0.3 is 5.97 Å². The van der Waals surface area contributed by atoms with Crippen molar-refractivity contribution in [2.75, 3.05) is 13.7 Å². The van der Waals surface area contributed by atoms with Gasteiger partial charge in [-0.25, -0.2) is 9.78 Å². The van der Waals surface area contributed by atoms with Crippen molar-refractivity contribution in [1.29, 1.82) is 0 Å². The lowest BCUT2D eigenvalue weighted by Gasteiger charge is -2.10. The van der Waals surface area contributed by atoms with Crippen LogP contribution in [-0.4, -0.2) is 35.4 Å². The minimum atomic E-state index is -0.419. The summed E-state index contributed by atoms with van der Waals surface area (Å²) in [7, 11) is 1.36. The molecule has 0 spiro atoms. The Morgan fingerprint density at radius 2 is 1.57 bits per heavy atom. The monoisotopic (exact) mass is 468 g/mol. The summed E-state index contributed by atoms with van der Waals surface area (Å²) in [4.78, 5) is 32.8. The molecule has 0 atom stereocenters. The SMILES string of the molecule is COC(=O)c1cc(-c2ccc(-c3ccc(OCCCC(=O)C(C)C)cc3)cc2)nc2ccncc12. The van der Waals surface area contributed by atoms with Crippen molar-refractivity contribution in [3.63, 3.8) is 0 Å². The zero-order valence-electron chi connectivity index (χ0n) is 20.2. The summed E-state index contributed by atoms with van der Waals surface area (Å²) in [6.07, 6.45) is 4.55. The predicted octanol–water partition coefficient (Wildman–Crippen LogP) is 6.13. The molecule has 2 heterocycles. The zero-order chi connectivity index (χ0) is 24.8. The number of benzene rings is 2. The summed E-state index contributed by atoms with van der Waals surface area (Å²) in [5.74, 6) is 0.708. The summed E-state index contributed by atoms with van der Waals surface area (Å²) in [6.45, 7) is 4.36. The molecule has 0 bridgehead atoms. The number of Topliss-reactive ketones (excluding diaryl/α,β-unsaturated/α-hetero) is 1. The molecular weight excluding hydrogens is 440 g/mol. The highest BCUT2D eigenvalue weighted by Crippen LogP contribution is 2.28. The summed E-state index contributed by atoms with van der Waals surface area (Å²) in [6, 6.07) is 19.5. The molecule has 0 aliphatic carbocycles. The lowest BCUT2D eigenvalue weighted by Crippen LogP contribution is -2.08. The van der Waals surface area contributed by atoms with E-state index in [0.29, 0.717) is 35.2 Å². The molecule has 6 heteroatoms. The van der Waals surface area contributed by atoms with Gasteiger partial charge in [0.05, 0.1) is 30.5 Å². The van der Waals surface area contributed by atoms with Gasteiger partial charge in [-0.1, -0.05) is 50.2 Å². The number of carbonyl (C=O) groups is 2. The normalized spacial score (nSPS) is 11.0. The van der Waals surface area contributed by atoms with E-state index in [-0.39, 0.29) is 11.7 Å². The van der Waals surface area contributed by atoms with Crippen LogP contribution in [0.4, 0.5) is 0 Å². The molecule has 0 amide bonds. The topological polar surface area (TPSA) is 78.4 Å². The van der Waals surface area contributed by atoms with Crippen molar-refractivity contribution < 1.29 is 19.1 Å². The summed E-state index contributed by atoms with van der Waals surface area (Å²) in [5.41, 5.74) is 4.83. The fourth-order valence-corrected chi connectivity index (χ4v) is 3.80. The smallest absolute Gasteiger partial charge is 0.338 e. The Morgan fingerprint density at radius 3 is 2.23 bits per heavy atom. The van der Waals surface area contributed by atoms with Crippen molar-refractivity contribution >= 4 is 22.7 Å². The molecule has 0 radical (unpaired) electrons. The minimum absolute atomic E-state index is 0.0740. The number of ether oxygens (including phenoxy) is 2. The molecule has 0 N–H and O–H groups in total. The third-order valence-corrected chi connectivity index (χ3v) is 5.86. The van der Waals surface area contributed by atoms with Gasteiger partial charge in [-0.05, 0) is 41.8 Å². The van der Waals surface area contributed by atoms with Crippen LogP contribution in [0.2, 0.25) is 0 Å². The number of fused-ring (bicyclic) bond motifs is 1. The van der Waals surface area contributed by atoms with Gasteiger partial charge in [-0.2, -0.15) is 0 Å². The largest absolute Gasteiger partial charge is 0.494 e. The lowest BCUT2D eigenvalue weighted by atomic mass is 10.0. The van der Waals surface area contributed by atoms with E-state index in [2.05, 4.69) is 4.98 Å². The maximum atomic E-state index is 12.3. The van der Waals surface area contributed by atoms with Crippen LogP contribution in [0.3, 0.4) is 0 Å². The molecular formula is C29H28N2O4. The first kappa shape index (κ1) is 24.1. The number of hydrogen-bond donors (Lipinski definition) is 0. The Balaban J connectivity index is 1.47. The van der Waals surface area contributed by atoms with Crippen molar-refractivity contribution in [2.24, 2.45) is 5.92 Å². The van der Waals surface area contributed by atoms with Gasteiger partial charge in [-0.3, -0.25) is 9.78 Å². The number of pyridine rings is 2. The van der Waals surface area contributed by atoms with E-state index in [0.717, 1.165) is 28.9 Å². The van der Waals surface area contributed by atoms with Crippen molar-refractivity contribution in [3.8, 4) is 28.1 Å². The Labute approximate surface area is 205 Å². The number of ketones is 1. The average molecular weight is 469 g/mol. The maximum absolute atomic E-state index is 12.3. The van der Waals surface area contributed by atoms with E-state index in [1.807, 2.05) is 62.4 Å². The molecule has 2 aromatic heterocycles. The van der Waals surface area contributed by atoms with E-state index < -0.39 is 5.97 Å². The first-order chi connectivity index (χ1) is 17.0. The Kier molecular flexibility index (Phi) is 7.51. The molecule has 4 rings (SSSR count). The number of carbonyl (C=O) groups excluding carboxylic acids is 2. The second-order valence-corrected chi connectivity index (χ2v) is 8.61. The number of nitrogens with zero attached hydrogens (tertiary/aromatic N) is 2. The van der Waals surface area contributed by atoms with E-state index in [1.54, 1.807) is 24.5 Å². The third-order valence-electron chi connectivity index (χ3n) is 5.86. The summed E-state index contributed by atoms with van der Waals surface area (Å²) < 4.78 is 10.7. The number of aromatic nitrogens is 2. The van der Waals surface area contributed by atoms with Crippen molar-refractivity contribution in [3.05, 3.63) is 78.6 Å². The Morgan fingerprint density at radius 1 is 0.914 bits per heavy atom. The van der Waals surface area contributed by atoms with Crippen LogP contribution in [0.1, 0.15) is 37.0 Å². The fourth-order valence-electron chi connectivity index (χ4n) is 3.80.